The largest absolute Gasteiger partial charge is 0.359 e. The summed E-state index contributed by atoms with van der Waals surface area (Å²) in [4.78, 5) is 16.0. The first kappa shape index (κ1) is 16.4. The summed E-state index contributed by atoms with van der Waals surface area (Å²) in [6.07, 6.45) is 5.25. The molecule has 2 N–H and O–H groups in total. The molecular formula is C17H23N7S. The predicted octanol–water partition coefficient (Wildman–Crippen LogP) is 2.66. The van der Waals surface area contributed by atoms with Gasteiger partial charge in [0.05, 0.1) is 11.4 Å². The molecule has 0 amide bonds. The van der Waals surface area contributed by atoms with Gasteiger partial charge in [-0.05, 0) is 30.9 Å². The topological polar surface area (TPSA) is 80.6 Å². The second-order valence-corrected chi connectivity index (χ2v) is 7.98. The third-order valence-corrected chi connectivity index (χ3v) is 5.72. The number of fused-ring (bicyclic) bond motifs is 3. The zero-order valence-corrected chi connectivity index (χ0v) is 15.6. The van der Waals surface area contributed by atoms with Gasteiger partial charge in [-0.2, -0.15) is 5.10 Å². The Kier molecular flexibility index (Phi) is 4.39. The maximum atomic E-state index is 4.58. The summed E-state index contributed by atoms with van der Waals surface area (Å²) in [6, 6.07) is 0.0721. The van der Waals surface area contributed by atoms with Crippen molar-refractivity contribution >= 4 is 27.4 Å². The highest BCUT2D eigenvalue weighted by molar-refractivity contribution is 7.18. The quantitative estimate of drug-likeness (QED) is 0.731. The van der Waals surface area contributed by atoms with Crippen LogP contribution in [0.3, 0.4) is 0 Å². The monoisotopic (exact) mass is 357 g/mol. The van der Waals surface area contributed by atoms with Gasteiger partial charge in [0, 0.05) is 18.5 Å². The van der Waals surface area contributed by atoms with Crippen LogP contribution >= 0.6 is 11.3 Å². The zero-order valence-electron chi connectivity index (χ0n) is 14.8. The first-order chi connectivity index (χ1) is 12.1. The van der Waals surface area contributed by atoms with E-state index in [-0.39, 0.29) is 6.04 Å². The second kappa shape index (κ2) is 6.68. The van der Waals surface area contributed by atoms with Crippen LogP contribution in [-0.4, -0.2) is 31.3 Å². The minimum atomic E-state index is 0.0721. The second-order valence-electron chi connectivity index (χ2n) is 6.90. The van der Waals surface area contributed by atoms with Crippen LogP contribution in [0, 0.1) is 5.92 Å². The van der Waals surface area contributed by atoms with E-state index in [2.05, 4.69) is 44.5 Å². The van der Waals surface area contributed by atoms with Crippen molar-refractivity contribution in [2.24, 2.45) is 13.0 Å². The van der Waals surface area contributed by atoms with E-state index in [4.69, 9.17) is 0 Å². The minimum absolute atomic E-state index is 0.0721. The number of rotatable bonds is 5. The molecule has 132 valence electrons. The number of thiophene rings is 1. The third-order valence-electron chi connectivity index (χ3n) is 4.58. The molecule has 0 aromatic carbocycles. The number of anilines is 1. The number of aromatic nitrogens is 5. The lowest BCUT2D eigenvalue weighted by atomic mass is 10.0. The molecular weight excluding hydrogens is 334 g/mol. The number of hydrogen-bond acceptors (Lipinski definition) is 7. The Bertz CT molecular complexity index is 882. The highest BCUT2D eigenvalue weighted by Gasteiger charge is 2.23. The molecule has 4 rings (SSSR count). The molecule has 7 nitrogen and oxygen atoms in total. The van der Waals surface area contributed by atoms with Crippen molar-refractivity contribution in [1.82, 2.24) is 30.0 Å². The van der Waals surface area contributed by atoms with Crippen LogP contribution in [0.2, 0.25) is 0 Å². The Hall–Kier alpha value is -2.06. The number of nitrogens with one attached hydrogen (secondary N) is 2. The third kappa shape index (κ3) is 3.11. The molecule has 4 heterocycles. The molecule has 0 saturated heterocycles. The molecule has 0 aliphatic carbocycles. The van der Waals surface area contributed by atoms with E-state index in [9.17, 15) is 0 Å². The molecule has 3 aromatic rings. The Balaban J connectivity index is 1.75. The van der Waals surface area contributed by atoms with Crippen molar-refractivity contribution in [3.05, 3.63) is 28.9 Å². The van der Waals surface area contributed by atoms with E-state index >= 15 is 0 Å². The van der Waals surface area contributed by atoms with Gasteiger partial charge < -0.3 is 10.6 Å². The van der Waals surface area contributed by atoms with Crippen LogP contribution in [-0.2, 0) is 20.0 Å². The number of hydrogen-bond donors (Lipinski definition) is 2. The lowest BCUT2D eigenvalue weighted by Crippen LogP contribution is -2.22. The summed E-state index contributed by atoms with van der Waals surface area (Å²) in [5.41, 5.74) is 1.39. The Morgan fingerprint density at radius 2 is 2.16 bits per heavy atom. The minimum Gasteiger partial charge on any atom is -0.359 e. The van der Waals surface area contributed by atoms with Gasteiger partial charge in [-0.3, -0.25) is 4.68 Å². The van der Waals surface area contributed by atoms with E-state index in [1.807, 2.05) is 11.7 Å². The van der Waals surface area contributed by atoms with E-state index in [1.165, 1.54) is 15.8 Å². The van der Waals surface area contributed by atoms with Crippen molar-refractivity contribution in [3.8, 4) is 0 Å². The standard InChI is InChI=1S/C17H23N7S/c1-10(2)6-12(16-20-9-22-24(16)3)23-15-14-11-4-5-18-7-13(11)25-17(14)21-8-19-15/h8-10,12,18H,4-7H2,1-3H3,(H,19,21,23)/t12-/m0/s1. The first-order valence-corrected chi connectivity index (χ1v) is 9.51. The van der Waals surface area contributed by atoms with Crippen LogP contribution < -0.4 is 10.6 Å². The fourth-order valence-electron chi connectivity index (χ4n) is 3.45. The van der Waals surface area contributed by atoms with E-state index < -0.39 is 0 Å². The molecule has 1 atom stereocenters. The molecule has 25 heavy (non-hydrogen) atoms. The molecule has 0 saturated carbocycles. The van der Waals surface area contributed by atoms with Crippen LogP contribution in [0.15, 0.2) is 12.7 Å². The number of nitrogens with zero attached hydrogens (tertiary/aromatic N) is 5. The summed E-state index contributed by atoms with van der Waals surface area (Å²) in [7, 11) is 1.94. The predicted molar refractivity (Wildman–Crippen MR) is 99.6 cm³/mol. The van der Waals surface area contributed by atoms with Gasteiger partial charge >= 0.3 is 0 Å². The van der Waals surface area contributed by atoms with Crippen LogP contribution in [0.5, 0.6) is 0 Å². The SMILES string of the molecule is CC(C)C[C@H](Nc1ncnc2sc3c(c12)CCNC3)c1ncnn1C. The van der Waals surface area contributed by atoms with Gasteiger partial charge in [0.2, 0.25) is 0 Å². The van der Waals surface area contributed by atoms with E-state index in [0.29, 0.717) is 5.92 Å². The molecule has 3 aromatic heterocycles. The smallest absolute Gasteiger partial charge is 0.149 e. The van der Waals surface area contributed by atoms with Crippen molar-refractivity contribution in [1.29, 1.82) is 0 Å². The van der Waals surface area contributed by atoms with Crippen molar-refractivity contribution in [3.63, 3.8) is 0 Å². The normalized spacial score (nSPS) is 15.5. The van der Waals surface area contributed by atoms with Gasteiger partial charge in [-0.1, -0.05) is 13.8 Å². The van der Waals surface area contributed by atoms with Crippen molar-refractivity contribution in [2.45, 2.75) is 39.3 Å². The van der Waals surface area contributed by atoms with Crippen molar-refractivity contribution < 1.29 is 0 Å². The molecule has 0 fully saturated rings. The van der Waals surface area contributed by atoms with Gasteiger partial charge in [0.1, 0.15) is 29.1 Å². The lowest BCUT2D eigenvalue weighted by Gasteiger charge is -2.21. The summed E-state index contributed by atoms with van der Waals surface area (Å²) in [5.74, 6) is 2.39. The highest BCUT2D eigenvalue weighted by atomic mass is 32.1. The van der Waals surface area contributed by atoms with Gasteiger partial charge in [-0.15, -0.1) is 11.3 Å². The lowest BCUT2D eigenvalue weighted by molar-refractivity contribution is 0.498. The molecule has 8 heteroatoms. The maximum Gasteiger partial charge on any atom is 0.149 e. The Morgan fingerprint density at radius 3 is 2.92 bits per heavy atom. The zero-order chi connectivity index (χ0) is 17.4. The van der Waals surface area contributed by atoms with Gasteiger partial charge in [0.25, 0.3) is 0 Å². The summed E-state index contributed by atoms with van der Waals surface area (Å²) in [5, 5.41) is 12.5. The molecule has 0 radical (unpaired) electrons. The fraction of sp³-hybridized carbons (Fsp3) is 0.529. The molecule has 0 unspecified atom stereocenters. The van der Waals surface area contributed by atoms with Crippen LogP contribution in [0.4, 0.5) is 5.82 Å². The van der Waals surface area contributed by atoms with Crippen LogP contribution in [0.1, 0.15) is 42.6 Å². The Morgan fingerprint density at radius 1 is 1.28 bits per heavy atom. The summed E-state index contributed by atoms with van der Waals surface area (Å²) < 4.78 is 1.84. The molecule has 1 aliphatic heterocycles. The molecule has 0 spiro atoms. The van der Waals surface area contributed by atoms with E-state index in [1.54, 1.807) is 24.0 Å². The average Bonchev–Trinajstić information content (AvgIpc) is 3.17. The van der Waals surface area contributed by atoms with E-state index in [0.717, 1.165) is 42.4 Å². The Labute approximate surface area is 150 Å². The molecule has 1 aliphatic rings. The number of aryl methyl sites for hydroxylation is 1. The molecule has 0 bridgehead atoms. The first-order valence-electron chi connectivity index (χ1n) is 8.70. The van der Waals surface area contributed by atoms with Crippen molar-refractivity contribution in [2.75, 3.05) is 11.9 Å². The maximum absolute atomic E-state index is 4.58. The fourth-order valence-corrected chi connectivity index (χ4v) is 4.61. The van der Waals surface area contributed by atoms with Gasteiger partial charge in [0.15, 0.2) is 0 Å². The summed E-state index contributed by atoms with van der Waals surface area (Å²) in [6.45, 7) is 6.37. The summed E-state index contributed by atoms with van der Waals surface area (Å²) >= 11 is 1.77. The highest BCUT2D eigenvalue weighted by Crippen LogP contribution is 2.37. The van der Waals surface area contributed by atoms with Gasteiger partial charge in [-0.25, -0.2) is 15.0 Å². The average molecular weight is 357 g/mol. The van der Waals surface area contributed by atoms with Crippen LogP contribution in [0.25, 0.3) is 10.2 Å².